The topological polar surface area (TPSA) is 17.8 Å². The van der Waals surface area contributed by atoms with Gasteiger partial charge in [0.15, 0.2) is 0 Å². The highest BCUT2D eigenvalue weighted by Gasteiger charge is 2.18. The van der Waals surface area contributed by atoms with E-state index in [9.17, 15) is 0 Å². The molecule has 0 amide bonds. The third-order valence-corrected chi connectivity index (χ3v) is 7.38. The number of hydrogen-bond acceptors (Lipinski definition) is 1. The molecule has 6 rings (SSSR count). The second-order valence-electron chi connectivity index (χ2n) is 10.3. The summed E-state index contributed by atoms with van der Waals surface area (Å²) in [6, 6.07) is 36.9. The summed E-state index contributed by atoms with van der Waals surface area (Å²) in [6.07, 6.45) is 1.93. The zero-order valence-corrected chi connectivity index (χ0v) is 22.3. The van der Waals surface area contributed by atoms with Gasteiger partial charge in [-0.1, -0.05) is 103 Å². The first-order chi connectivity index (χ1) is 17.4. The van der Waals surface area contributed by atoms with Crippen molar-refractivity contribution in [1.82, 2.24) is 9.55 Å². The minimum Gasteiger partial charge on any atom is -0.294 e. The quantitative estimate of drug-likeness (QED) is 0.222. The van der Waals surface area contributed by atoms with Crippen LogP contribution in [0, 0.1) is 0 Å². The minimum absolute atomic E-state index is 0.0461. The Labute approximate surface area is 220 Å². The Bertz CT molecular complexity index is 1740. The van der Waals surface area contributed by atoms with Gasteiger partial charge in [0.1, 0.15) is 5.82 Å². The number of fused-ring (bicyclic) bond motifs is 3. The predicted octanol–water partition coefficient (Wildman–Crippen LogP) is 9.57. The Kier molecular flexibility index (Phi) is 5.54. The Morgan fingerprint density at radius 1 is 0.639 bits per heavy atom. The summed E-state index contributed by atoms with van der Waals surface area (Å²) in [6.45, 7) is 6.74. The molecule has 0 bridgehead atoms. The van der Waals surface area contributed by atoms with Gasteiger partial charge in [0.05, 0.1) is 11.0 Å². The van der Waals surface area contributed by atoms with E-state index in [4.69, 9.17) is 4.98 Å². The van der Waals surface area contributed by atoms with Gasteiger partial charge in [-0.3, -0.25) is 4.57 Å². The van der Waals surface area contributed by atoms with Crippen LogP contribution in [0.4, 0.5) is 0 Å². The van der Waals surface area contributed by atoms with E-state index >= 15 is 0 Å². The Morgan fingerprint density at radius 2 is 1.33 bits per heavy atom. The Balaban J connectivity index is 1.62. The largest absolute Gasteiger partial charge is 0.294 e. The Hall–Kier alpha value is -3.69. The normalized spacial score (nSPS) is 11.9. The lowest BCUT2D eigenvalue weighted by Crippen LogP contribution is -2.12. The maximum absolute atomic E-state index is 4.83. The van der Waals surface area contributed by atoms with Gasteiger partial charge in [-0.2, -0.15) is 0 Å². The van der Waals surface area contributed by atoms with Crippen molar-refractivity contribution in [1.29, 1.82) is 0 Å². The highest BCUT2D eigenvalue weighted by molar-refractivity contribution is 9.10. The molecule has 0 spiro atoms. The maximum atomic E-state index is 4.83. The van der Waals surface area contributed by atoms with E-state index in [0.29, 0.717) is 0 Å². The van der Waals surface area contributed by atoms with Crippen molar-refractivity contribution in [2.24, 2.45) is 0 Å². The molecular formula is C33H27BrN2. The maximum Gasteiger partial charge on any atom is 0.137 e. The molecule has 0 saturated carbocycles. The van der Waals surface area contributed by atoms with Gasteiger partial charge < -0.3 is 0 Å². The molecule has 2 aromatic heterocycles. The summed E-state index contributed by atoms with van der Waals surface area (Å²) in [4.78, 5) is 4.83. The average Bonchev–Trinajstić information content (AvgIpc) is 3.22. The van der Waals surface area contributed by atoms with Crippen molar-refractivity contribution in [2.45, 2.75) is 26.2 Å². The number of benzene rings is 4. The van der Waals surface area contributed by atoms with Crippen LogP contribution in [0.1, 0.15) is 26.3 Å². The summed E-state index contributed by atoms with van der Waals surface area (Å²) in [7, 11) is 0. The van der Waals surface area contributed by atoms with Crippen molar-refractivity contribution < 1.29 is 0 Å². The van der Waals surface area contributed by atoms with E-state index in [1.165, 1.54) is 44.1 Å². The standard InChI is InChI=1S/C33H27BrN2/c1-33(2,3)24-17-18-35-32(21-24)36-30-14-7-6-13-28(30)29-16-15-23(20-31(29)36)27-12-5-4-11-26(27)22-9-8-10-25(34)19-22/h4-21H,1-3H3. The van der Waals surface area contributed by atoms with Crippen LogP contribution in [0.25, 0.3) is 49.9 Å². The summed E-state index contributed by atoms with van der Waals surface area (Å²) in [5.41, 5.74) is 8.47. The zero-order valence-electron chi connectivity index (χ0n) is 20.7. The molecule has 0 fully saturated rings. The van der Waals surface area contributed by atoms with Gasteiger partial charge in [0.25, 0.3) is 0 Å². The van der Waals surface area contributed by atoms with Crippen LogP contribution in [0.15, 0.2) is 114 Å². The van der Waals surface area contributed by atoms with Gasteiger partial charge in [-0.15, -0.1) is 0 Å². The molecule has 2 heterocycles. The van der Waals surface area contributed by atoms with Crippen molar-refractivity contribution in [3.05, 3.63) is 119 Å². The number of nitrogens with zero attached hydrogens (tertiary/aromatic N) is 2. The summed E-state index contributed by atoms with van der Waals surface area (Å²) >= 11 is 3.64. The smallest absolute Gasteiger partial charge is 0.137 e. The second kappa shape index (κ2) is 8.76. The highest BCUT2D eigenvalue weighted by atomic mass is 79.9. The summed E-state index contributed by atoms with van der Waals surface area (Å²) in [5, 5.41) is 2.47. The number of rotatable bonds is 3. The lowest BCUT2D eigenvalue weighted by atomic mass is 9.88. The number of para-hydroxylation sites is 1. The lowest BCUT2D eigenvalue weighted by molar-refractivity contribution is 0.588. The second-order valence-corrected chi connectivity index (χ2v) is 11.2. The van der Waals surface area contributed by atoms with Crippen molar-refractivity contribution in [3.8, 4) is 28.1 Å². The van der Waals surface area contributed by atoms with Crippen molar-refractivity contribution in [3.63, 3.8) is 0 Å². The first-order valence-electron chi connectivity index (χ1n) is 12.3. The molecule has 2 nitrogen and oxygen atoms in total. The predicted molar refractivity (Wildman–Crippen MR) is 156 cm³/mol. The minimum atomic E-state index is 0.0461. The monoisotopic (exact) mass is 530 g/mol. The number of pyridine rings is 1. The zero-order chi connectivity index (χ0) is 24.9. The molecule has 0 saturated heterocycles. The van der Waals surface area contributed by atoms with E-state index in [1.54, 1.807) is 0 Å². The molecule has 0 unspecified atom stereocenters. The van der Waals surface area contributed by atoms with Gasteiger partial charge >= 0.3 is 0 Å². The molecule has 36 heavy (non-hydrogen) atoms. The van der Waals surface area contributed by atoms with Gasteiger partial charge in [0.2, 0.25) is 0 Å². The third-order valence-electron chi connectivity index (χ3n) is 6.89. The van der Waals surface area contributed by atoms with Crippen LogP contribution in [-0.2, 0) is 5.41 Å². The average molecular weight is 531 g/mol. The SMILES string of the molecule is CC(C)(C)c1ccnc(-n2c3ccccc3c3ccc(-c4ccccc4-c4cccc(Br)c4)cc32)c1. The molecule has 0 N–H and O–H groups in total. The van der Waals surface area contributed by atoms with Crippen molar-refractivity contribution in [2.75, 3.05) is 0 Å². The number of hydrogen-bond donors (Lipinski definition) is 0. The fourth-order valence-corrected chi connectivity index (χ4v) is 5.43. The van der Waals surface area contributed by atoms with Gasteiger partial charge in [-0.25, -0.2) is 4.98 Å². The lowest BCUT2D eigenvalue weighted by Gasteiger charge is -2.20. The first kappa shape index (κ1) is 22.8. The molecule has 0 aliphatic heterocycles. The first-order valence-corrected chi connectivity index (χ1v) is 13.0. The number of halogens is 1. The van der Waals surface area contributed by atoms with Crippen LogP contribution in [-0.4, -0.2) is 9.55 Å². The fraction of sp³-hybridized carbons (Fsp3) is 0.121. The van der Waals surface area contributed by atoms with E-state index in [2.05, 4.69) is 144 Å². The van der Waals surface area contributed by atoms with Crippen LogP contribution >= 0.6 is 15.9 Å². The van der Waals surface area contributed by atoms with Crippen LogP contribution < -0.4 is 0 Å². The molecule has 0 atom stereocenters. The van der Waals surface area contributed by atoms with Crippen LogP contribution in [0.5, 0.6) is 0 Å². The summed E-state index contributed by atoms with van der Waals surface area (Å²) < 4.78 is 3.39. The Morgan fingerprint density at radius 3 is 2.08 bits per heavy atom. The van der Waals surface area contributed by atoms with Crippen LogP contribution in [0.3, 0.4) is 0 Å². The molecule has 6 aromatic rings. The summed E-state index contributed by atoms with van der Waals surface area (Å²) in [5.74, 6) is 0.950. The van der Waals surface area contributed by atoms with E-state index in [0.717, 1.165) is 15.8 Å². The number of aromatic nitrogens is 2. The van der Waals surface area contributed by atoms with E-state index in [-0.39, 0.29) is 5.41 Å². The van der Waals surface area contributed by atoms with Crippen LogP contribution in [0.2, 0.25) is 0 Å². The molecule has 176 valence electrons. The molecule has 0 aliphatic rings. The van der Waals surface area contributed by atoms with E-state index in [1.807, 2.05) is 6.20 Å². The molecular weight excluding hydrogens is 504 g/mol. The molecule has 0 aliphatic carbocycles. The van der Waals surface area contributed by atoms with Gasteiger partial charge in [0, 0.05) is 21.4 Å². The molecule has 3 heteroatoms. The van der Waals surface area contributed by atoms with Gasteiger partial charge in [-0.05, 0) is 69.6 Å². The highest BCUT2D eigenvalue weighted by Crippen LogP contribution is 2.38. The molecule has 4 aromatic carbocycles. The fourth-order valence-electron chi connectivity index (χ4n) is 5.03. The van der Waals surface area contributed by atoms with E-state index < -0.39 is 0 Å². The van der Waals surface area contributed by atoms with Crippen molar-refractivity contribution >= 4 is 37.7 Å². The third kappa shape index (κ3) is 3.94. The molecule has 0 radical (unpaired) electrons.